The van der Waals surface area contributed by atoms with Gasteiger partial charge in [-0.05, 0) is 25.2 Å². The van der Waals surface area contributed by atoms with Crippen molar-refractivity contribution < 1.29 is 44.2 Å². The fourth-order valence-electron chi connectivity index (χ4n) is 3.66. The lowest BCUT2D eigenvalue weighted by molar-refractivity contribution is -0.300. The lowest BCUT2D eigenvalue weighted by atomic mass is 9.89. The molecule has 0 bridgehead atoms. The van der Waals surface area contributed by atoms with Crippen molar-refractivity contribution in [2.45, 2.75) is 62.8 Å². The van der Waals surface area contributed by atoms with Gasteiger partial charge in [0.25, 0.3) is 0 Å². The first kappa shape index (κ1) is 22.9. The molecule has 0 aromatic heterocycles. The zero-order valence-corrected chi connectivity index (χ0v) is 16.0. The van der Waals surface area contributed by atoms with Gasteiger partial charge < -0.3 is 34.6 Å². The molecule has 1 aliphatic heterocycles. The van der Waals surface area contributed by atoms with E-state index in [2.05, 4.69) is 4.74 Å². The molecule has 1 saturated heterocycles. The van der Waals surface area contributed by atoms with Crippen molar-refractivity contribution in [1.82, 2.24) is 0 Å². The SMILES string of the molecule is COC(=O)C[C@@H]1CCC(=O)[C@@H]1C/C=C\CCO[C@@H]1O[C@H](CO)[C@@H](O)[C@H](O)[C@H]1O. The number of methoxy groups -OCH3 is 1. The highest BCUT2D eigenvalue weighted by Crippen LogP contribution is 2.34. The van der Waals surface area contributed by atoms with E-state index in [4.69, 9.17) is 14.6 Å². The molecule has 9 nitrogen and oxygen atoms in total. The summed E-state index contributed by atoms with van der Waals surface area (Å²) >= 11 is 0. The van der Waals surface area contributed by atoms with Gasteiger partial charge in [0, 0.05) is 18.8 Å². The third kappa shape index (κ3) is 5.82. The normalized spacial score (nSPS) is 36.2. The molecule has 0 radical (unpaired) electrons. The van der Waals surface area contributed by atoms with Crippen molar-refractivity contribution in [3.8, 4) is 0 Å². The number of allylic oxidation sites excluding steroid dienone is 1. The quantitative estimate of drug-likeness (QED) is 0.224. The largest absolute Gasteiger partial charge is 0.469 e. The van der Waals surface area contributed by atoms with Gasteiger partial charge in [0.15, 0.2) is 6.29 Å². The summed E-state index contributed by atoms with van der Waals surface area (Å²) in [5, 5.41) is 38.5. The summed E-state index contributed by atoms with van der Waals surface area (Å²) in [6, 6.07) is 0. The second-order valence-electron chi connectivity index (χ2n) is 7.22. The monoisotopic (exact) mass is 402 g/mol. The summed E-state index contributed by atoms with van der Waals surface area (Å²) in [7, 11) is 1.34. The summed E-state index contributed by atoms with van der Waals surface area (Å²) in [5.74, 6) is -0.311. The number of hydrogen-bond donors (Lipinski definition) is 4. The second kappa shape index (κ2) is 11.0. The highest BCUT2D eigenvalue weighted by molar-refractivity contribution is 5.84. The minimum absolute atomic E-state index is 0.00923. The third-order valence-corrected chi connectivity index (χ3v) is 5.37. The highest BCUT2D eigenvalue weighted by Gasteiger charge is 2.43. The van der Waals surface area contributed by atoms with E-state index in [1.54, 1.807) is 0 Å². The highest BCUT2D eigenvalue weighted by atomic mass is 16.7. The molecule has 9 heteroatoms. The number of carbonyl (C=O) groups excluding carboxylic acids is 2. The zero-order valence-electron chi connectivity index (χ0n) is 16.0. The zero-order chi connectivity index (χ0) is 20.7. The van der Waals surface area contributed by atoms with E-state index in [-0.39, 0.29) is 36.6 Å². The molecular formula is C19H30O9. The maximum Gasteiger partial charge on any atom is 0.305 e. The van der Waals surface area contributed by atoms with Crippen LogP contribution in [-0.2, 0) is 23.8 Å². The molecule has 4 N–H and O–H groups in total. The van der Waals surface area contributed by atoms with Gasteiger partial charge >= 0.3 is 5.97 Å². The first-order chi connectivity index (χ1) is 13.4. The van der Waals surface area contributed by atoms with Crippen molar-refractivity contribution in [3.63, 3.8) is 0 Å². The maximum absolute atomic E-state index is 12.0. The number of esters is 1. The summed E-state index contributed by atoms with van der Waals surface area (Å²) in [6.07, 6.45) is -0.278. The molecule has 0 amide bonds. The molecular weight excluding hydrogens is 372 g/mol. The molecule has 2 rings (SSSR count). The van der Waals surface area contributed by atoms with Crippen LogP contribution in [0.15, 0.2) is 12.2 Å². The Labute approximate surface area is 163 Å². The molecule has 1 heterocycles. The molecule has 1 aliphatic carbocycles. The first-order valence-corrected chi connectivity index (χ1v) is 9.55. The van der Waals surface area contributed by atoms with Crippen molar-refractivity contribution in [2.75, 3.05) is 20.3 Å². The van der Waals surface area contributed by atoms with Crippen LogP contribution in [0.2, 0.25) is 0 Å². The Kier molecular flexibility index (Phi) is 9.00. The van der Waals surface area contributed by atoms with Crippen LogP contribution in [0, 0.1) is 11.8 Å². The molecule has 7 atom stereocenters. The number of aliphatic hydroxyl groups excluding tert-OH is 4. The maximum atomic E-state index is 12.0. The predicted molar refractivity (Wildman–Crippen MR) is 95.9 cm³/mol. The molecule has 2 fully saturated rings. The summed E-state index contributed by atoms with van der Waals surface area (Å²) in [6.45, 7) is -0.323. The Morgan fingerprint density at radius 1 is 1.21 bits per heavy atom. The molecule has 0 aromatic carbocycles. The topological polar surface area (TPSA) is 143 Å². The average molecular weight is 402 g/mol. The number of hydrogen-bond acceptors (Lipinski definition) is 9. The van der Waals surface area contributed by atoms with E-state index in [9.17, 15) is 24.9 Å². The van der Waals surface area contributed by atoms with E-state index in [0.717, 1.165) is 0 Å². The van der Waals surface area contributed by atoms with Crippen molar-refractivity contribution in [2.24, 2.45) is 11.8 Å². The molecule has 28 heavy (non-hydrogen) atoms. The summed E-state index contributed by atoms with van der Waals surface area (Å²) < 4.78 is 15.3. The Hall–Kier alpha value is -1.36. The van der Waals surface area contributed by atoms with Gasteiger partial charge in [-0.1, -0.05) is 12.2 Å². The van der Waals surface area contributed by atoms with Crippen LogP contribution in [0.4, 0.5) is 0 Å². The summed E-state index contributed by atoms with van der Waals surface area (Å²) in [4.78, 5) is 23.5. The van der Waals surface area contributed by atoms with Crippen LogP contribution in [0.5, 0.6) is 0 Å². The number of ketones is 1. The predicted octanol–water partition coefficient (Wildman–Crippen LogP) is -0.702. The number of ether oxygens (including phenoxy) is 3. The van der Waals surface area contributed by atoms with Gasteiger partial charge in [0.05, 0.1) is 20.3 Å². The molecule has 0 aromatic rings. The van der Waals surface area contributed by atoms with E-state index in [1.807, 2.05) is 12.2 Å². The fraction of sp³-hybridized carbons (Fsp3) is 0.789. The molecule has 1 saturated carbocycles. The van der Waals surface area contributed by atoms with Gasteiger partial charge in [0.1, 0.15) is 30.2 Å². The average Bonchev–Trinajstić information content (AvgIpc) is 3.03. The van der Waals surface area contributed by atoms with Crippen LogP contribution >= 0.6 is 0 Å². The van der Waals surface area contributed by atoms with Gasteiger partial charge in [-0.15, -0.1) is 0 Å². The standard InChI is InChI=1S/C19H30O9/c1-26-15(22)9-11-6-7-13(21)12(11)5-3-2-4-8-27-19-18(25)17(24)16(23)14(10-20)28-19/h2-3,11-12,14,16-20,23-25H,4-10H2,1H3/b3-2-/t11-,12+,14+,16+,17-,18+,19+/m0/s1. The van der Waals surface area contributed by atoms with Crippen LogP contribution in [0.3, 0.4) is 0 Å². The number of carbonyl (C=O) groups is 2. The van der Waals surface area contributed by atoms with Crippen molar-refractivity contribution >= 4 is 11.8 Å². The van der Waals surface area contributed by atoms with Crippen LogP contribution in [0.25, 0.3) is 0 Å². The van der Waals surface area contributed by atoms with Gasteiger partial charge in [-0.25, -0.2) is 0 Å². The van der Waals surface area contributed by atoms with Crippen LogP contribution in [-0.4, -0.2) is 83.2 Å². The Balaban J connectivity index is 1.73. The molecule has 2 aliphatic rings. The smallest absolute Gasteiger partial charge is 0.305 e. The van der Waals surface area contributed by atoms with Gasteiger partial charge in [0.2, 0.25) is 0 Å². The van der Waals surface area contributed by atoms with E-state index in [1.165, 1.54) is 7.11 Å². The van der Waals surface area contributed by atoms with E-state index in [0.29, 0.717) is 25.7 Å². The minimum atomic E-state index is -1.47. The first-order valence-electron chi connectivity index (χ1n) is 9.55. The number of aliphatic hydroxyl groups is 4. The Morgan fingerprint density at radius 3 is 2.64 bits per heavy atom. The van der Waals surface area contributed by atoms with Crippen molar-refractivity contribution in [3.05, 3.63) is 12.2 Å². The van der Waals surface area contributed by atoms with Crippen LogP contribution < -0.4 is 0 Å². The minimum Gasteiger partial charge on any atom is -0.469 e. The number of rotatable bonds is 9. The van der Waals surface area contributed by atoms with E-state index >= 15 is 0 Å². The van der Waals surface area contributed by atoms with Gasteiger partial charge in [-0.2, -0.15) is 0 Å². The van der Waals surface area contributed by atoms with E-state index < -0.39 is 37.3 Å². The van der Waals surface area contributed by atoms with Gasteiger partial charge in [-0.3, -0.25) is 9.59 Å². The Bertz CT molecular complexity index is 548. The fourth-order valence-corrected chi connectivity index (χ4v) is 3.66. The summed E-state index contributed by atoms with van der Waals surface area (Å²) in [5.41, 5.74) is 0. The molecule has 0 unspecified atom stereocenters. The van der Waals surface area contributed by atoms with Crippen molar-refractivity contribution in [1.29, 1.82) is 0 Å². The van der Waals surface area contributed by atoms with Crippen LogP contribution in [0.1, 0.15) is 32.1 Å². The second-order valence-corrected chi connectivity index (χ2v) is 7.22. The Morgan fingerprint density at radius 2 is 1.96 bits per heavy atom. The molecule has 0 spiro atoms. The lowest BCUT2D eigenvalue weighted by Crippen LogP contribution is -2.59. The molecule has 160 valence electrons. The number of Topliss-reactive ketones (excluding diaryl/α,β-unsaturated/α-hetero) is 1. The third-order valence-electron chi connectivity index (χ3n) is 5.37. The lowest BCUT2D eigenvalue weighted by Gasteiger charge is -2.39.